The number of hydrogen-bond donors (Lipinski definition) is 0. The first-order valence-corrected chi connectivity index (χ1v) is 11.3. The van der Waals surface area contributed by atoms with Crippen LogP contribution in [0.3, 0.4) is 0 Å². The SMILES string of the molecule is CC(C)Cc1nc2sc3c(N4CCOCC4)ncnc3c2c2c1COC(C)(C)C2. The number of morpholine rings is 1. The highest BCUT2D eigenvalue weighted by Gasteiger charge is 2.32. The molecule has 0 aromatic carbocycles. The number of nitrogens with zero attached hydrogens (tertiary/aromatic N) is 4. The van der Waals surface area contributed by atoms with Crippen LogP contribution in [0.4, 0.5) is 5.82 Å². The maximum absolute atomic E-state index is 6.18. The van der Waals surface area contributed by atoms with Crippen LogP contribution >= 0.6 is 11.3 Å². The maximum atomic E-state index is 6.18. The van der Waals surface area contributed by atoms with Gasteiger partial charge in [-0.1, -0.05) is 13.8 Å². The number of aromatic nitrogens is 3. The van der Waals surface area contributed by atoms with Crippen molar-refractivity contribution in [2.75, 3.05) is 31.2 Å². The van der Waals surface area contributed by atoms with E-state index in [2.05, 4.69) is 37.6 Å². The van der Waals surface area contributed by atoms with E-state index in [9.17, 15) is 0 Å². The van der Waals surface area contributed by atoms with E-state index in [-0.39, 0.29) is 5.60 Å². The monoisotopic (exact) mass is 412 g/mol. The van der Waals surface area contributed by atoms with Gasteiger partial charge < -0.3 is 14.4 Å². The number of fused-ring (bicyclic) bond motifs is 5. The minimum absolute atomic E-state index is 0.176. The smallest absolute Gasteiger partial charge is 0.150 e. The zero-order valence-corrected chi connectivity index (χ0v) is 18.4. The van der Waals surface area contributed by atoms with Crippen LogP contribution in [-0.4, -0.2) is 46.9 Å². The van der Waals surface area contributed by atoms with Crippen molar-refractivity contribution in [3.05, 3.63) is 23.1 Å². The summed E-state index contributed by atoms with van der Waals surface area (Å²) in [7, 11) is 0. The Morgan fingerprint density at radius 3 is 2.72 bits per heavy atom. The predicted molar refractivity (Wildman–Crippen MR) is 117 cm³/mol. The van der Waals surface area contributed by atoms with Gasteiger partial charge in [0.2, 0.25) is 0 Å². The Balaban J connectivity index is 1.76. The second kappa shape index (κ2) is 7.15. The van der Waals surface area contributed by atoms with Gasteiger partial charge in [0, 0.05) is 36.2 Å². The lowest BCUT2D eigenvalue weighted by Gasteiger charge is -2.33. The van der Waals surface area contributed by atoms with E-state index >= 15 is 0 Å². The summed E-state index contributed by atoms with van der Waals surface area (Å²) in [4.78, 5) is 17.9. The van der Waals surface area contributed by atoms with Crippen LogP contribution in [0.1, 0.15) is 44.5 Å². The Labute approximate surface area is 175 Å². The van der Waals surface area contributed by atoms with Crippen LogP contribution < -0.4 is 4.90 Å². The van der Waals surface area contributed by atoms with Gasteiger partial charge in [0.1, 0.15) is 17.0 Å². The topological polar surface area (TPSA) is 60.4 Å². The molecular weight excluding hydrogens is 384 g/mol. The Kier molecular flexibility index (Phi) is 4.72. The number of pyridine rings is 1. The second-order valence-corrected chi connectivity index (χ2v) is 10.1. The van der Waals surface area contributed by atoms with Crippen molar-refractivity contribution in [1.29, 1.82) is 0 Å². The number of hydrogen-bond acceptors (Lipinski definition) is 7. The minimum Gasteiger partial charge on any atom is -0.378 e. The first-order valence-electron chi connectivity index (χ1n) is 10.5. The molecule has 0 N–H and O–H groups in total. The molecule has 0 aliphatic carbocycles. The van der Waals surface area contributed by atoms with Gasteiger partial charge in [0.25, 0.3) is 0 Å². The summed E-state index contributed by atoms with van der Waals surface area (Å²) in [5.74, 6) is 1.57. The normalized spacial score (nSPS) is 19.3. The first kappa shape index (κ1) is 19.2. The van der Waals surface area contributed by atoms with E-state index in [0.717, 1.165) is 60.0 Å². The summed E-state index contributed by atoms with van der Waals surface area (Å²) in [6, 6.07) is 0. The predicted octanol–water partition coefficient (Wildman–Crippen LogP) is 4.13. The van der Waals surface area contributed by atoms with Gasteiger partial charge >= 0.3 is 0 Å². The summed E-state index contributed by atoms with van der Waals surface area (Å²) >= 11 is 1.74. The largest absolute Gasteiger partial charge is 0.378 e. The van der Waals surface area contributed by atoms with Gasteiger partial charge in [-0.15, -0.1) is 11.3 Å². The quantitative estimate of drug-likeness (QED) is 0.645. The molecule has 154 valence electrons. The summed E-state index contributed by atoms with van der Waals surface area (Å²) < 4.78 is 12.9. The molecule has 0 radical (unpaired) electrons. The van der Waals surface area contributed by atoms with Crippen LogP contribution in [0.25, 0.3) is 20.4 Å². The molecule has 0 bridgehead atoms. The van der Waals surface area contributed by atoms with Crippen molar-refractivity contribution in [2.24, 2.45) is 5.92 Å². The van der Waals surface area contributed by atoms with Crippen molar-refractivity contribution in [2.45, 2.75) is 52.7 Å². The number of rotatable bonds is 3. The van der Waals surface area contributed by atoms with E-state index in [4.69, 9.17) is 19.4 Å². The lowest BCUT2D eigenvalue weighted by atomic mass is 9.88. The van der Waals surface area contributed by atoms with Crippen LogP contribution in [0.5, 0.6) is 0 Å². The van der Waals surface area contributed by atoms with Gasteiger partial charge in [0.05, 0.1) is 35.6 Å². The lowest BCUT2D eigenvalue weighted by molar-refractivity contribution is -0.0402. The summed E-state index contributed by atoms with van der Waals surface area (Å²) in [5.41, 5.74) is 4.70. The van der Waals surface area contributed by atoms with Crippen LogP contribution in [0.15, 0.2) is 6.33 Å². The minimum atomic E-state index is -0.176. The Bertz CT molecular complexity index is 1070. The molecule has 5 heterocycles. The third-order valence-electron chi connectivity index (χ3n) is 5.81. The standard InChI is InChI=1S/C22H28N4O2S/c1-13(2)9-16-15-11-28-22(3,4)10-14(15)17-18-19(29-21(17)25-16)20(24-12-23-18)26-5-7-27-8-6-26/h12-13H,5-11H2,1-4H3. The molecule has 3 aromatic heterocycles. The van der Waals surface area contributed by atoms with Gasteiger partial charge in [-0.25, -0.2) is 15.0 Å². The highest BCUT2D eigenvalue weighted by atomic mass is 32.1. The van der Waals surface area contributed by atoms with Crippen LogP contribution in [0.2, 0.25) is 0 Å². The molecule has 3 aromatic rings. The highest BCUT2D eigenvalue weighted by Crippen LogP contribution is 2.43. The number of anilines is 1. The van der Waals surface area contributed by atoms with Gasteiger partial charge in [-0.2, -0.15) is 0 Å². The van der Waals surface area contributed by atoms with E-state index in [1.54, 1.807) is 17.7 Å². The van der Waals surface area contributed by atoms with E-state index < -0.39 is 0 Å². The second-order valence-electron chi connectivity index (χ2n) is 9.10. The number of thiophene rings is 1. The van der Waals surface area contributed by atoms with E-state index in [1.165, 1.54) is 22.2 Å². The molecule has 2 aliphatic rings. The molecule has 0 atom stereocenters. The molecule has 0 spiro atoms. The number of ether oxygens (including phenoxy) is 2. The molecular formula is C22H28N4O2S. The fourth-order valence-electron chi connectivity index (χ4n) is 4.42. The van der Waals surface area contributed by atoms with Crippen LogP contribution in [0, 0.1) is 5.92 Å². The average Bonchev–Trinajstić information content (AvgIpc) is 3.06. The fourth-order valence-corrected chi connectivity index (χ4v) is 5.61. The zero-order chi connectivity index (χ0) is 20.2. The van der Waals surface area contributed by atoms with Crippen molar-refractivity contribution < 1.29 is 9.47 Å². The molecule has 1 fully saturated rings. The van der Waals surface area contributed by atoms with E-state index in [0.29, 0.717) is 12.5 Å². The first-order chi connectivity index (χ1) is 13.9. The molecule has 29 heavy (non-hydrogen) atoms. The molecule has 1 saturated heterocycles. The van der Waals surface area contributed by atoms with Crippen molar-refractivity contribution in [3.63, 3.8) is 0 Å². The molecule has 7 heteroatoms. The Morgan fingerprint density at radius 2 is 1.97 bits per heavy atom. The van der Waals surface area contributed by atoms with Crippen molar-refractivity contribution in [1.82, 2.24) is 15.0 Å². The van der Waals surface area contributed by atoms with Crippen molar-refractivity contribution in [3.8, 4) is 0 Å². The third kappa shape index (κ3) is 3.39. The van der Waals surface area contributed by atoms with Gasteiger partial charge in [-0.3, -0.25) is 0 Å². The molecule has 5 rings (SSSR count). The molecule has 0 unspecified atom stereocenters. The zero-order valence-electron chi connectivity index (χ0n) is 17.6. The van der Waals surface area contributed by atoms with Gasteiger partial charge in [-0.05, 0) is 31.7 Å². The molecule has 2 aliphatic heterocycles. The Hall–Kier alpha value is -1.83. The lowest BCUT2D eigenvalue weighted by Crippen LogP contribution is -2.36. The summed E-state index contributed by atoms with van der Waals surface area (Å²) in [6.45, 7) is 12.7. The van der Waals surface area contributed by atoms with E-state index in [1.807, 2.05) is 0 Å². The van der Waals surface area contributed by atoms with Crippen LogP contribution in [-0.2, 0) is 28.9 Å². The fraction of sp³-hybridized carbons (Fsp3) is 0.591. The summed E-state index contributed by atoms with van der Waals surface area (Å²) in [5, 5.41) is 1.21. The van der Waals surface area contributed by atoms with Crippen molar-refractivity contribution >= 4 is 37.6 Å². The molecule has 0 saturated carbocycles. The van der Waals surface area contributed by atoms with Gasteiger partial charge in [0.15, 0.2) is 0 Å². The summed E-state index contributed by atoms with van der Waals surface area (Å²) in [6.07, 6.45) is 3.56. The average molecular weight is 413 g/mol. The highest BCUT2D eigenvalue weighted by molar-refractivity contribution is 7.26. The third-order valence-corrected chi connectivity index (χ3v) is 6.88. The maximum Gasteiger partial charge on any atom is 0.150 e. The molecule has 0 amide bonds. The Morgan fingerprint density at radius 1 is 1.17 bits per heavy atom. The molecule has 6 nitrogen and oxygen atoms in total.